The number of halogens is 2. The second-order valence-corrected chi connectivity index (χ2v) is 5.46. The van der Waals surface area contributed by atoms with Crippen molar-refractivity contribution in [1.29, 1.82) is 0 Å². The molecule has 0 spiro atoms. The predicted molar refractivity (Wildman–Crippen MR) is 97.8 cm³/mol. The van der Waals surface area contributed by atoms with Crippen LogP contribution in [-0.2, 0) is 23.9 Å². The quantitative estimate of drug-likeness (QED) is 0.514. The summed E-state index contributed by atoms with van der Waals surface area (Å²) in [5, 5.41) is 0. The largest absolute Gasteiger partial charge is 0.454 e. The standard InChI is InChI=1S/C21H16F2O5/c22-18-7-3-1-5-15(18)9-11-20(25)27-13-17(24)14-28-21(26)12-10-16-6-2-4-8-19(16)23/h1-12H,13-14H2/b11-9+,12-10+. The van der Waals surface area contributed by atoms with Crippen LogP contribution in [0.25, 0.3) is 12.2 Å². The minimum atomic E-state index is -0.845. The van der Waals surface area contributed by atoms with Gasteiger partial charge >= 0.3 is 11.9 Å². The highest BCUT2D eigenvalue weighted by atomic mass is 19.1. The molecule has 0 saturated heterocycles. The van der Waals surface area contributed by atoms with E-state index >= 15 is 0 Å². The molecular weight excluding hydrogens is 370 g/mol. The lowest BCUT2D eigenvalue weighted by molar-refractivity contribution is -0.148. The zero-order valence-electron chi connectivity index (χ0n) is 14.6. The molecule has 0 aliphatic rings. The van der Waals surface area contributed by atoms with E-state index in [1.54, 1.807) is 12.1 Å². The van der Waals surface area contributed by atoms with Crippen LogP contribution in [-0.4, -0.2) is 30.9 Å². The number of ether oxygens (including phenoxy) is 2. The molecule has 0 aliphatic carbocycles. The lowest BCUT2D eigenvalue weighted by Gasteiger charge is -2.03. The van der Waals surface area contributed by atoms with Crippen molar-refractivity contribution in [3.05, 3.63) is 83.4 Å². The molecule has 0 saturated carbocycles. The van der Waals surface area contributed by atoms with Crippen molar-refractivity contribution in [3.8, 4) is 0 Å². The van der Waals surface area contributed by atoms with Crippen molar-refractivity contribution in [2.24, 2.45) is 0 Å². The number of carbonyl (C=O) groups excluding carboxylic acids is 3. The van der Waals surface area contributed by atoms with Crippen LogP contribution in [0.4, 0.5) is 8.78 Å². The van der Waals surface area contributed by atoms with Crippen LogP contribution < -0.4 is 0 Å². The second-order valence-electron chi connectivity index (χ2n) is 5.46. The average Bonchev–Trinajstić information content (AvgIpc) is 2.69. The number of esters is 2. The minimum absolute atomic E-state index is 0.196. The summed E-state index contributed by atoms with van der Waals surface area (Å²) in [5.41, 5.74) is 0.391. The molecule has 0 unspecified atom stereocenters. The van der Waals surface area contributed by atoms with E-state index in [-0.39, 0.29) is 11.1 Å². The fraction of sp³-hybridized carbons (Fsp3) is 0.0952. The second kappa shape index (κ2) is 10.5. The van der Waals surface area contributed by atoms with E-state index in [2.05, 4.69) is 9.47 Å². The van der Waals surface area contributed by atoms with Crippen LogP contribution >= 0.6 is 0 Å². The van der Waals surface area contributed by atoms with Gasteiger partial charge in [-0.3, -0.25) is 4.79 Å². The van der Waals surface area contributed by atoms with E-state index < -0.39 is 42.6 Å². The molecule has 2 aromatic carbocycles. The first kappa shape index (κ1) is 20.7. The highest BCUT2D eigenvalue weighted by molar-refractivity contribution is 5.92. The summed E-state index contributed by atoms with van der Waals surface area (Å²) in [6.07, 6.45) is 4.40. The van der Waals surface area contributed by atoms with Gasteiger partial charge in [-0.1, -0.05) is 36.4 Å². The molecule has 0 amide bonds. The minimum Gasteiger partial charge on any atom is -0.454 e. The first-order valence-electron chi connectivity index (χ1n) is 8.16. The van der Waals surface area contributed by atoms with Crippen molar-refractivity contribution in [3.63, 3.8) is 0 Å². The maximum atomic E-state index is 13.4. The van der Waals surface area contributed by atoms with Crippen molar-refractivity contribution >= 4 is 29.9 Å². The molecule has 0 bridgehead atoms. The van der Waals surface area contributed by atoms with E-state index in [1.807, 2.05) is 0 Å². The third-order valence-electron chi connectivity index (χ3n) is 3.36. The Kier molecular flexibility index (Phi) is 7.77. The summed E-state index contributed by atoms with van der Waals surface area (Å²) < 4.78 is 36.2. The molecule has 0 N–H and O–H groups in total. The Bertz CT molecular complexity index is 845. The molecule has 0 aromatic heterocycles. The predicted octanol–water partition coefficient (Wildman–Crippen LogP) is 3.35. The van der Waals surface area contributed by atoms with Crippen molar-refractivity contribution in [2.45, 2.75) is 0 Å². The summed E-state index contributed by atoms with van der Waals surface area (Å²) in [6, 6.07) is 11.6. The molecule has 0 atom stereocenters. The third kappa shape index (κ3) is 6.95. The SMILES string of the molecule is O=C(COC(=O)/C=C/c1ccccc1F)COC(=O)/C=C/c1ccccc1F. The van der Waals surface area contributed by atoms with Gasteiger partial charge in [0.05, 0.1) is 0 Å². The zero-order valence-corrected chi connectivity index (χ0v) is 14.6. The van der Waals surface area contributed by atoms with Gasteiger partial charge in [0.15, 0.2) is 13.2 Å². The number of hydrogen-bond acceptors (Lipinski definition) is 5. The summed E-state index contributed by atoms with van der Waals surface area (Å²) in [4.78, 5) is 34.6. The molecule has 0 heterocycles. The van der Waals surface area contributed by atoms with Crippen molar-refractivity contribution in [1.82, 2.24) is 0 Å². The molecule has 2 aromatic rings. The zero-order chi connectivity index (χ0) is 20.4. The number of ketones is 1. The summed E-state index contributed by atoms with van der Waals surface area (Å²) in [7, 11) is 0. The Balaban J connectivity index is 1.72. The highest BCUT2D eigenvalue weighted by Gasteiger charge is 2.08. The van der Waals surface area contributed by atoms with E-state index in [9.17, 15) is 23.2 Å². The summed E-state index contributed by atoms with van der Waals surface area (Å²) in [6.45, 7) is -1.21. The Morgan fingerprint density at radius 2 is 1.11 bits per heavy atom. The van der Waals surface area contributed by atoms with E-state index in [4.69, 9.17) is 0 Å². The van der Waals surface area contributed by atoms with Crippen LogP contribution in [0.15, 0.2) is 60.7 Å². The summed E-state index contributed by atoms with van der Waals surface area (Å²) in [5.74, 6) is -3.35. The van der Waals surface area contributed by atoms with E-state index in [0.717, 1.165) is 12.2 Å². The molecule has 28 heavy (non-hydrogen) atoms. The number of rotatable bonds is 8. The van der Waals surface area contributed by atoms with Crippen LogP contribution in [0.1, 0.15) is 11.1 Å². The Hall–Kier alpha value is -3.61. The molecule has 7 heteroatoms. The van der Waals surface area contributed by atoms with Crippen molar-refractivity contribution < 1.29 is 32.6 Å². The van der Waals surface area contributed by atoms with Gasteiger partial charge in [-0.25, -0.2) is 18.4 Å². The van der Waals surface area contributed by atoms with Gasteiger partial charge in [0.1, 0.15) is 11.6 Å². The first-order valence-corrected chi connectivity index (χ1v) is 8.16. The summed E-state index contributed by atoms with van der Waals surface area (Å²) >= 11 is 0. The van der Waals surface area contributed by atoms with Crippen LogP contribution in [0.3, 0.4) is 0 Å². The monoisotopic (exact) mass is 386 g/mol. The van der Waals surface area contributed by atoms with Gasteiger partial charge in [0, 0.05) is 23.3 Å². The molecule has 0 radical (unpaired) electrons. The molecule has 0 aliphatic heterocycles. The highest BCUT2D eigenvalue weighted by Crippen LogP contribution is 2.09. The first-order chi connectivity index (χ1) is 13.5. The number of Topliss-reactive ketones (excluding diaryl/α,β-unsaturated/α-hetero) is 1. The number of benzene rings is 2. The average molecular weight is 386 g/mol. The van der Waals surface area contributed by atoms with Crippen LogP contribution in [0.2, 0.25) is 0 Å². The van der Waals surface area contributed by atoms with E-state index in [0.29, 0.717) is 0 Å². The van der Waals surface area contributed by atoms with Gasteiger partial charge in [-0.2, -0.15) is 0 Å². The van der Waals surface area contributed by atoms with Gasteiger partial charge < -0.3 is 9.47 Å². The van der Waals surface area contributed by atoms with E-state index in [1.165, 1.54) is 48.6 Å². The molecule has 5 nitrogen and oxygen atoms in total. The molecule has 144 valence electrons. The lowest BCUT2D eigenvalue weighted by atomic mass is 10.2. The maximum absolute atomic E-state index is 13.4. The third-order valence-corrected chi connectivity index (χ3v) is 3.36. The van der Waals surface area contributed by atoms with Gasteiger partial charge in [-0.05, 0) is 24.3 Å². The maximum Gasteiger partial charge on any atom is 0.331 e. The van der Waals surface area contributed by atoms with Gasteiger partial charge in [-0.15, -0.1) is 0 Å². The fourth-order valence-corrected chi connectivity index (χ4v) is 1.98. The normalized spacial score (nSPS) is 10.9. The molecule has 2 rings (SSSR count). The smallest absolute Gasteiger partial charge is 0.331 e. The Morgan fingerprint density at radius 1 is 0.714 bits per heavy atom. The van der Waals surface area contributed by atoms with Gasteiger partial charge in [0.2, 0.25) is 5.78 Å². The number of carbonyl (C=O) groups is 3. The van der Waals surface area contributed by atoms with Gasteiger partial charge in [0.25, 0.3) is 0 Å². The Morgan fingerprint density at radius 3 is 1.50 bits per heavy atom. The van der Waals surface area contributed by atoms with Crippen LogP contribution in [0, 0.1) is 11.6 Å². The topological polar surface area (TPSA) is 69.7 Å². The van der Waals surface area contributed by atoms with Crippen molar-refractivity contribution in [2.75, 3.05) is 13.2 Å². The number of hydrogen-bond donors (Lipinski definition) is 0. The Labute approximate surface area is 159 Å². The fourth-order valence-electron chi connectivity index (χ4n) is 1.98. The molecule has 0 fully saturated rings. The lowest BCUT2D eigenvalue weighted by Crippen LogP contribution is -2.19. The van der Waals surface area contributed by atoms with Crippen LogP contribution in [0.5, 0.6) is 0 Å². The molecular formula is C21H16F2O5.